The first-order chi connectivity index (χ1) is 31.0. The number of thiazole rings is 1. The summed E-state index contributed by atoms with van der Waals surface area (Å²) < 4.78 is 7.08. The highest BCUT2D eigenvalue weighted by atomic mass is 35.5. The quantitative estimate of drug-likeness (QED) is 0.0798. The SMILES string of the molecule is CC(=O)NC(C(=O)N1CC(O)CC1C(=O)NCc1ccc(-c2scnc2C)cc1)C(C)(C)SCCOCCNC(=O)CC1N=C(c2ccc(Cl)cc2)c2c(sc(C)c2C)-n2c(C)nnc21. The smallest absolute Gasteiger partial charge is 0.247 e. The van der Waals surface area contributed by atoms with Gasteiger partial charge in [-0.1, -0.05) is 48.0 Å². The van der Waals surface area contributed by atoms with Gasteiger partial charge < -0.3 is 30.7 Å². The number of likely N-dealkylation sites (tertiary alicyclic amines) is 1. The number of aliphatic hydroxyl groups is 1. The van der Waals surface area contributed by atoms with E-state index in [0.717, 1.165) is 54.0 Å². The van der Waals surface area contributed by atoms with Gasteiger partial charge in [0, 0.05) is 64.5 Å². The largest absolute Gasteiger partial charge is 0.391 e. The fraction of sp³-hybridized carbons (Fsp3) is 0.435. The molecule has 5 heterocycles. The van der Waals surface area contributed by atoms with Crippen molar-refractivity contribution < 1.29 is 29.0 Å². The van der Waals surface area contributed by atoms with E-state index in [4.69, 9.17) is 21.3 Å². The van der Waals surface area contributed by atoms with Gasteiger partial charge in [-0.3, -0.25) is 28.7 Å². The van der Waals surface area contributed by atoms with Crippen LogP contribution in [0.1, 0.15) is 84.1 Å². The average Bonchev–Trinajstić information content (AvgIpc) is 4.04. The van der Waals surface area contributed by atoms with Gasteiger partial charge in [-0.05, 0) is 70.4 Å². The van der Waals surface area contributed by atoms with E-state index in [1.807, 2.05) is 86.3 Å². The fourth-order valence-corrected chi connectivity index (χ4v) is 11.3. The van der Waals surface area contributed by atoms with Crippen LogP contribution >= 0.6 is 46.0 Å². The van der Waals surface area contributed by atoms with Crippen molar-refractivity contribution in [1.29, 1.82) is 0 Å². The van der Waals surface area contributed by atoms with Gasteiger partial charge in [-0.25, -0.2) is 4.98 Å². The molecule has 65 heavy (non-hydrogen) atoms. The van der Waals surface area contributed by atoms with Crippen molar-refractivity contribution in [3.63, 3.8) is 0 Å². The zero-order valence-corrected chi connectivity index (χ0v) is 40.6. The van der Waals surface area contributed by atoms with E-state index in [-0.39, 0.29) is 50.9 Å². The van der Waals surface area contributed by atoms with Crippen LogP contribution in [-0.4, -0.2) is 114 Å². The van der Waals surface area contributed by atoms with Crippen LogP contribution in [0.3, 0.4) is 0 Å². The molecule has 0 bridgehead atoms. The molecule has 15 nitrogen and oxygen atoms in total. The minimum Gasteiger partial charge on any atom is -0.391 e. The molecule has 344 valence electrons. The van der Waals surface area contributed by atoms with Gasteiger partial charge in [-0.2, -0.15) is 11.8 Å². The molecule has 1 fully saturated rings. The maximum Gasteiger partial charge on any atom is 0.247 e. The number of hydrogen-bond acceptors (Lipinski definition) is 13. The lowest BCUT2D eigenvalue weighted by Crippen LogP contribution is -2.59. The van der Waals surface area contributed by atoms with E-state index in [1.54, 1.807) is 22.7 Å². The lowest BCUT2D eigenvalue weighted by atomic mass is 9.99. The highest BCUT2D eigenvalue weighted by Gasteiger charge is 2.46. The minimum atomic E-state index is -0.993. The van der Waals surface area contributed by atoms with Gasteiger partial charge in [-0.15, -0.1) is 32.9 Å². The first-order valence-corrected chi connectivity index (χ1v) is 24.5. The molecule has 19 heteroatoms. The van der Waals surface area contributed by atoms with Crippen LogP contribution in [0, 0.1) is 27.7 Å². The summed E-state index contributed by atoms with van der Waals surface area (Å²) in [6, 6.07) is 12.9. The van der Waals surface area contributed by atoms with Crippen molar-refractivity contribution in [3.05, 3.63) is 104 Å². The van der Waals surface area contributed by atoms with Crippen LogP contribution in [-0.2, 0) is 30.5 Å². The maximum atomic E-state index is 14.2. The first-order valence-electron chi connectivity index (χ1n) is 21.4. The Morgan fingerprint density at radius 1 is 1.00 bits per heavy atom. The summed E-state index contributed by atoms with van der Waals surface area (Å²) in [5.41, 5.74) is 8.45. The van der Waals surface area contributed by atoms with Crippen LogP contribution in [0.4, 0.5) is 0 Å². The Kier molecular flexibility index (Phi) is 15.3. The van der Waals surface area contributed by atoms with Gasteiger partial charge in [0.25, 0.3) is 0 Å². The number of carbonyl (C=O) groups is 4. The molecule has 4 N–H and O–H groups in total. The van der Waals surface area contributed by atoms with Gasteiger partial charge in [0.2, 0.25) is 23.6 Å². The number of β-amino-alcohol motifs (C(OH)–C–C–N with tert-alkyl or cyclic N) is 1. The summed E-state index contributed by atoms with van der Waals surface area (Å²) in [5, 5.41) is 29.8. The molecule has 0 saturated carbocycles. The predicted molar refractivity (Wildman–Crippen MR) is 256 cm³/mol. The number of aliphatic hydroxyl groups excluding tert-OH is 1. The van der Waals surface area contributed by atoms with E-state index in [2.05, 4.69) is 45.0 Å². The normalized spacial score (nSPS) is 17.5. The molecule has 5 aromatic rings. The van der Waals surface area contributed by atoms with Crippen LogP contribution in [0.15, 0.2) is 59.0 Å². The number of aliphatic imine (C=N–C) groups is 1. The predicted octanol–water partition coefficient (Wildman–Crippen LogP) is 6.05. The van der Waals surface area contributed by atoms with Gasteiger partial charge in [0.15, 0.2) is 5.82 Å². The second-order valence-electron chi connectivity index (χ2n) is 16.7. The average molecular weight is 961 g/mol. The van der Waals surface area contributed by atoms with Crippen molar-refractivity contribution in [3.8, 4) is 15.4 Å². The maximum absolute atomic E-state index is 14.2. The number of aryl methyl sites for hydroxylation is 3. The number of benzene rings is 2. The highest BCUT2D eigenvalue weighted by Crippen LogP contribution is 2.40. The number of fused-ring (bicyclic) bond motifs is 3. The van der Waals surface area contributed by atoms with E-state index in [1.165, 1.54) is 23.6 Å². The summed E-state index contributed by atoms with van der Waals surface area (Å²) in [6.07, 6.45) is -0.761. The van der Waals surface area contributed by atoms with E-state index in [9.17, 15) is 24.3 Å². The summed E-state index contributed by atoms with van der Waals surface area (Å²) in [7, 11) is 0. The molecule has 0 spiro atoms. The van der Waals surface area contributed by atoms with Gasteiger partial charge in [0.05, 0.1) is 47.5 Å². The van der Waals surface area contributed by atoms with Crippen molar-refractivity contribution in [2.45, 2.75) is 96.8 Å². The minimum absolute atomic E-state index is 0.0311. The topological polar surface area (TPSA) is 193 Å². The Balaban J connectivity index is 0.907. The zero-order chi connectivity index (χ0) is 46.6. The molecular weight excluding hydrogens is 906 g/mol. The van der Waals surface area contributed by atoms with Gasteiger partial charge >= 0.3 is 0 Å². The molecule has 0 aliphatic carbocycles. The van der Waals surface area contributed by atoms with E-state index in [0.29, 0.717) is 29.0 Å². The monoisotopic (exact) mass is 959 g/mol. The van der Waals surface area contributed by atoms with Crippen molar-refractivity contribution >= 4 is 75.4 Å². The molecule has 2 aliphatic heterocycles. The van der Waals surface area contributed by atoms with Crippen LogP contribution < -0.4 is 16.0 Å². The molecule has 2 aliphatic rings. The van der Waals surface area contributed by atoms with Crippen LogP contribution in [0.5, 0.6) is 0 Å². The molecule has 2 aromatic carbocycles. The number of rotatable bonds is 17. The number of nitrogens with one attached hydrogen (secondary N) is 3. The molecule has 4 unspecified atom stereocenters. The Labute approximate surface area is 395 Å². The number of thiophene rings is 1. The summed E-state index contributed by atoms with van der Waals surface area (Å²) in [4.78, 5) is 66.7. The second-order valence-corrected chi connectivity index (χ2v) is 21.0. The number of hydrogen-bond donors (Lipinski definition) is 4. The van der Waals surface area contributed by atoms with E-state index < -0.39 is 40.8 Å². The number of thioether (sulfide) groups is 1. The third kappa shape index (κ3) is 11.0. The number of carbonyl (C=O) groups excluding carboxylic acids is 4. The second kappa shape index (κ2) is 20.7. The molecule has 1 saturated heterocycles. The number of aromatic nitrogens is 4. The van der Waals surface area contributed by atoms with Crippen molar-refractivity contribution in [2.24, 2.45) is 4.99 Å². The van der Waals surface area contributed by atoms with E-state index >= 15 is 0 Å². The lowest BCUT2D eigenvalue weighted by Gasteiger charge is -2.37. The molecule has 7 rings (SSSR count). The van der Waals surface area contributed by atoms with Crippen molar-refractivity contribution in [1.82, 2.24) is 40.6 Å². The highest BCUT2D eigenvalue weighted by molar-refractivity contribution is 8.00. The Hall–Kier alpha value is -4.98. The molecule has 4 atom stereocenters. The standard InChI is InChI=1S/C46H54ClN9O6S3/c1-25-27(3)65-45-38(25)39(31-12-14-33(47)15-13-31)52-35(42-54-53-28(4)56(42)45)21-37(59)48-16-17-62-18-19-64-46(6,7)41(51-29(5)57)44(61)55-23-34(58)20-36(55)43(60)49-22-30-8-10-32(11-9-30)40-26(2)50-24-63-40/h8-15,24,34-36,41,58H,16-23H2,1-7H3,(H,48,59)(H,49,60)(H,51,57). The summed E-state index contributed by atoms with van der Waals surface area (Å²) in [6.45, 7) is 14.1. The molecule has 0 radical (unpaired) electrons. The van der Waals surface area contributed by atoms with Crippen molar-refractivity contribution in [2.75, 3.05) is 32.1 Å². The first kappa shape index (κ1) is 48.0. The molecule has 3 aromatic heterocycles. The number of ether oxygens (including phenoxy) is 1. The zero-order valence-electron chi connectivity index (χ0n) is 37.4. The Morgan fingerprint density at radius 2 is 1.72 bits per heavy atom. The van der Waals surface area contributed by atoms with Crippen LogP contribution in [0.2, 0.25) is 5.02 Å². The van der Waals surface area contributed by atoms with Gasteiger partial charge in [0.1, 0.15) is 29.0 Å². The fourth-order valence-electron chi connectivity index (χ4n) is 8.06. The summed E-state index contributed by atoms with van der Waals surface area (Å²) in [5.74, 6) is 0.336. The number of nitrogens with zero attached hydrogens (tertiary/aromatic N) is 6. The number of halogens is 1. The third-order valence-electron chi connectivity index (χ3n) is 11.6. The van der Waals surface area contributed by atoms with Crippen LogP contribution in [0.25, 0.3) is 15.4 Å². The summed E-state index contributed by atoms with van der Waals surface area (Å²) >= 11 is 10.9. The number of amides is 4. The molecular formula is C46H54ClN9O6S3. The Morgan fingerprint density at radius 3 is 2.42 bits per heavy atom. The third-order valence-corrected chi connectivity index (χ3v) is 15.4. The Bertz CT molecular complexity index is 2570. The lowest BCUT2D eigenvalue weighted by molar-refractivity contribution is -0.142. The molecule has 4 amide bonds.